The number of nitrogen functional groups attached to an aromatic ring is 1. The van der Waals surface area contributed by atoms with Gasteiger partial charge in [0, 0.05) is 6.54 Å². The van der Waals surface area contributed by atoms with Gasteiger partial charge in [-0.3, -0.25) is 15.1 Å². The van der Waals surface area contributed by atoms with Crippen molar-refractivity contribution >= 4 is 5.91 Å². The van der Waals surface area contributed by atoms with Crippen LogP contribution in [0.25, 0.3) is 0 Å². The van der Waals surface area contributed by atoms with E-state index in [0.717, 1.165) is 0 Å². The Bertz CT molecular complexity index is 421. The number of nitrogens with zero attached hydrogens (tertiary/aromatic N) is 2. The minimum absolute atomic E-state index is 0.0400. The first-order valence-electron chi connectivity index (χ1n) is 5.24. The van der Waals surface area contributed by atoms with Crippen molar-refractivity contribution < 1.29 is 9.21 Å². The Morgan fingerprint density at radius 1 is 1.71 bits per heavy atom. The van der Waals surface area contributed by atoms with E-state index < -0.39 is 5.91 Å². The lowest BCUT2D eigenvalue weighted by Gasteiger charge is -2.15. The van der Waals surface area contributed by atoms with Crippen LogP contribution < -0.4 is 11.3 Å². The van der Waals surface area contributed by atoms with Gasteiger partial charge >= 0.3 is 5.91 Å². The molecule has 0 aliphatic heterocycles. The maximum atomic E-state index is 11.2. The lowest BCUT2D eigenvalue weighted by Crippen LogP contribution is -2.29. The molecule has 0 aromatic carbocycles. The zero-order chi connectivity index (χ0) is 12.8. The summed E-state index contributed by atoms with van der Waals surface area (Å²) in [6.45, 7) is 3.05. The predicted octanol–water partition coefficient (Wildman–Crippen LogP) is 0.475. The van der Waals surface area contributed by atoms with Gasteiger partial charge in [-0.15, -0.1) is 0 Å². The van der Waals surface area contributed by atoms with E-state index in [1.54, 1.807) is 12.1 Å². The number of hydrazine groups is 1. The largest absolute Gasteiger partial charge is 0.455 e. The molecule has 6 heteroatoms. The summed E-state index contributed by atoms with van der Waals surface area (Å²) in [6, 6.07) is 5.45. The van der Waals surface area contributed by atoms with Crippen LogP contribution in [0.1, 0.15) is 23.2 Å². The molecule has 0 radical (unpaired) electrons. The number of hydrogen-bond acceptors (Lipinski definition) is 5. The van der Waals surface area contributed by atoms with Gasteiger partial charge in [-0.25, -0.2) is 5.84 Å². The first-order valence-corrected chi connectivity index (χ1v) is 5.24. The third-order valence-electron chi connectivity index (χ3n) is 2.25. The Morgan fingerprint density at radius 2 is 2.41 bits per heavy atom. The average molecular weight is 236 g/mol. The van der Waals surface area contributed by atoms with E-state index in [4.69, 9.17) is 15.5 Å². The van der Waals surface area contributed by atoms with Gasteiger partial charge in [-0.05, 0) is 26.1 Å². The number of nitrogens with one attached hydrogen (secondary N) is 1. The quantitative estimate of drug-likeness (QED) is 0.440. The normalized spacial score (nSPS) is 12.2. The maximum Gasteiger partial charge on any atom is 0.300 e. The van der Waals surface area contributed by atoms with Crippen LogP contribution in [0.4, 0.5) is 0 Å². The summed E-state index contributed by atoms with van der Waals surface area (Å²) in [5, 5.41) is 8.69. The molecule has 1 heterocycles. The highest BCUT2D eigenvalue weighted by molar-refractivity contribution is 5.90. The second-order valence-corrected chi connectivity index (χ2v) is 3.97. The van der Waals surface area contributed by atoms with Crippen molar-refractivity contribution in [3.8, 4) is 6.07 Å². The summed E-state index contributed by atoms with van der Waals surface area (Å²) in [5.41, 5.74) is 2.00. The monoisotopic (exact) mass is 236 g/mol. The van der Waals surface area contributed by atoms with Crippen LogP contribution in [0.5, 0.6) is 0 Å². The highest BCUT2D eigenvalue weighted by Gasteiger charge is 2.12. The minimum Gasteiger partial charge on any atom is -0.455 e. The number of carbonyl (C=O) groups excluding carboxylic acids is 1. The van der Waals surface area contributed by atoms with Crippen LogP contribution in [0.15, 0.2) is 16.5 Å². The Hall–Kier alpha value is -1.84. The van der Waals surface area contributed by atoms with Crippen LogP contribution >= 0.6 is 0 Å². The Balaban J connectivity index is 2.55. The summed E-state index contributed by atoms with van der Waals surface area (Å²) in [6.07, 6.45) is 0. The molecule has 1 aromatic rings. The molecule has 1 aromatic heterocycles. The zero-order valence-corrected chi connectivity index (χ0v) is 9.93. The fourth-order valence-corrected chi connectivity index (χ4v) is 1.49. The van der Waals surface area contributed by atoms with Gasteiger partial charge in [0.2, 0.25) is 0 Å². The topological polar surface area (TPSA) is 95.3 Å². The van der Waals surface area contributed by atoms with Gasteiger partial charge < -0.3 is 4.42 Å². The van der Waals surface area contributed by atoms with Crippen molar-refractivity contribution in [2.75, 3.05) is 13.6 Å². The molecule has 0 fully saturated rings. The van der Waals surface area contributed by atoms with Gasteiger partial charge in [0.15, 0.2) is 5.76 Å². The Morgan fingerprint density at radius 3 is 3.00 bits per heavy atom. The van der Waals surface area contributed by atoms with E-state index in [1.807, 2.05) is 24.3 Å². The molecule has 0 saturated heterocycles. The number of nitrogens with two attached hydrogens (primary N) is 1. The number of nitriles is 1. The van der Waals surface area contributed by atoms with Crippen molar-refractivity contribution in [1.82, 2.24) is 10.3 Å². The number of amides is 1. The molecule has 3 N–H and O–H groups in total. The molecule has 1 atom stereocenters. The van der Waals surface area contributed by atoms with Crippen molar-refractivity contribution in [3.05, 3.63) is 23.7 Å². The fraction of sp³-hybridized carbons (Fsp3) is 0.455. The van der Waals surface area contributed by atoms with E-state index in [1.165, 1.54) is 0 Å². The summed E-state index contributed by atoms with van der Waals surface area (Å²) >= 11 is 0. The first-order chi connectivity index (χ1) is 8.06. The van der Waals surface area contributed by atoms with Crippen LogP contribution in [0.3, 0.4) is 0 Å². The molecule has 1 rings (SSSR count). The molecule has 1 amide bonds. The number of carbonyl (C=O) groups is 1. The molecule has 17 heavy (non-hydrogen) atoms. The second kappa shape index (κ2) is 6.03. The molecule has 0 aliphatic rings. The van der Waals surface area contributed by atoms with E-state index in [0.29, 0.717) is 18.8 Å². The standard InChI is InChI=1S/C11H16N4O2/c1-8(5-12)6-15(2)7-9-3-4-10(17-9)11(16)14-13/h3-4,8H,6-7,13H2,1-2H3,(H,14,16). The molecule has 1 unspecified atom stereocenters. The summed E-state index contributed by atoms with van der Waals surface area (Å²) < 4.78 is 5.31. The average Bonchev–Trinajstić information content (AvgIpc) is 2.76. The SMILES string of the molecule is CC(C#N)CN(C)Cc1ccc(C(=O)NN)o1. The van der Waals surface area contributed by atoms with Gasteiger partial charge in [0.25, 0.3) is 0 Å². The predicted molar refractivity (Wildman–Crippen MR) is 61.5 cm³/mol. The Labute approximate surface area is 100.0 Å². The van der Waals surface area contributed by atoms with E-state index in [9.17, 15) is 4.79 Å². The minimum atomic E-state index is -0.454. The fourth-order valence-electron chi connectivity index (χ4n) is 1.49. The molecular weight excluding hydrogens is 220 g/mol. The van der Waals surface area contributed by atoms with Gasteiger partial charge in [-0.1, -0.05) is 0 Å². The third-order valence-corrected chi connectivity index (χ3v) is 2.25. The van der Waals surface area contributed by atoms with Crippen LogP contribution in [-0.4, -0.2) is 24.4 Å². The maximum absolute atomic E-state index is 11.2. The molecule has 92 valence electrons. The summed E-state index contributed by atoms with van der Waals surface area (Å²) in [4.78, 5) is 13.1. The van der Waals surface area contributed by atoms with E-state index in [-0.39, 0.29) is 11.7 Å². The molecule has 0 bridgehead atoms. The highest BCUT2D eigenvalue weighted by Crippen LogP contribution is 2.10. The first kappa shape index (κ1) is 13.2. The third kappa shape index (κ3) is 3.90. The zero-order valence-electron chi connectivity index (χ0n) is 9.93. The van der Waals surface area contributed by atoms with Crippen LogP contribution in [0, 0.1) is 17.2 Å². The summed E-state index contributed by atoms with van der Waals surface area (Å²) in [5.74, 6) is 5.35. The van der Waals surface area contributed by atoms with Crippen molar-refractivity contribution in [1.29, 1.82) is 5.26 Å². The van der Waals surface area contributed by atoms with Crippen molar-refractivity contribution in [3.63, 3.8) is 0 Å². The number of rotatable bonds is 5. The molecular formula is C11H16N4O2. The van der Waals surface area contributed by atoms with Crippen molar-refractivity contribution in [2.45, 2.75) is 13.5 Å². The van der Waals surface area contributed by atoms with Crippen molar-refractivity contribution in [2.24, 2.45) is 11.8 Å². The lowest BCUT2D eigenvalue weighted by molar-refractivity contribution is 0.0922. The van der Waals surface area contributed by atoms with Gasteiger partial charge in [0.1, 0.15) is 5.76 Å². The van der Waals surface area contributed by atoms with Gasteiger partial charge in [-0.2, -0.15) is 5.26 Å². The van der Waals surface area contributed by atoms with Crippen LogP contribution in [-0.2, 0) is 6.54 Å². The summed E-state index contributed by atoms with van der Waals surface area (Å²) in [7, 11) is 1.89. The van der Waals surface area contributed by atoms with E-state index >= 15 is 0 Å². The molecule has 0 spiro atoms. The number of hydrogen-bond donors (Lipinski definition) is 2. The second-order valence-electron chi connectivity index (χ2n) is 3.97. The molecule has 0 aliphatic carbocycles. The smallest absolute Gasteiger partial charge is 0.300 e. The molecule has 6 nitrogen and oxygen atoms in total. The lowest BCUT2D eigenvalue weighted by atomic mass is 10.2. The number of furan rings is 1. The highest BCUT2D eigenvalue weighted by atomic mass is 16.4. The van der Waals surface area contributed by atoms with Crippen LogP contribution in [0.2, 0.25) is 0 Å². The van der Waals surface area contributed by atoms with Gasteiger partial charge in [0.05, 0.1) is 18.5 Å². The van der Waals surface area contributed by atoms with E-state index in [2.05, 4.69) is 6.07 Å². The molecule has 0 saturated carbocycles. The Kier molecular flexibility index (Phi) is 4.69.